The highest BCUT2D eigenvalue weighted by atomic mass is 28.4. The van der Waals surface area contributed by atoms with Gasteiger partial charge in [-0.2, -0.15) is 0 Å². The van der Waals surface area contributed by atoms with Gasteiger partial charge in [-0.1, -0.05) is 25.1 Å². The van der Waals surface area contributed by atoms with Crippen molar-refractivity contribution in [2.45, 2.75) is 69.0 Å². The quantitative estimate of drug-likeness (QED) is 0.271. The van der Waals surface area contributed by atoms with E-state index in [1.807, 2.05) is 37.4 Å². The molecule has 11 heteroatoms. The Kier molecular flexibility index (Phi) is 7.46. The van der Waals surface area contributed by atoms with Crippen molar-refractivity contribution in [3.05, 3.63) is 59.8 Å². The lowest BCUT2D eigenvalue weighted by atomic mass is 9.82. The van der Waals surface area contributed by atoms with Crippen LogP contribution in [0.4, 0.5) is 15.5 Å². The average Bonchev–Trinajstić information content (AvgIpc) is 3.71. The van der Waals surface area contributed by atoms with Crippen molar-refractivity contribution in [3.63, 3.8) is 0 Å². The summed E-state index contributed by atoms with van der Waals surface area (Å²) in [5.74, 6) is -1.24. The van der Waals surface area contributed by atoms with Crippen molar-refractivity contribution in [3.8, 4) is 0 Å². The number of ether oxygens (including phenoxy) is 1. The molecule has 0 unspecified atom stereocenters. The molecule has 5 atom stereocenters. The molecule has 3 N–H and O–H groups in total. The highest BCUT2D eigenvalue weighted by Gasteiger charge is 2.66. The molecular weight excluding hydrogens is 567 g/mol. The SMILES string of the molecule is C[C@@H]1[C@@H]([Si](C)(C)F)[C@H](CC(=O)N2CCC[C@H]2CO)O[C@@]12C(=O)N(C)c1ccc(NC(=O)Cc3c[nH]c4ccccc34)cc12. The highest BCUT2D eigenvalue weighted by Crippen LogP contribution is 2.60. The van der Waals surface area contributed by atoms with Gasteiger partial charge in [0.05, 0.1) is 37.3 Å². The smallest absolute Gasteiger partial charge is 0.264 e. The summed E-state index contributed by atoms with van der Waals surface area (Å²) in [7, 11) is -1.77. The van der Waals surface area contributed by atoms with E-state index in [0.717, 1.165) is 29.3 Å². The highest BCUT2D eigenvalue weighted by molar-refractivity contribution is 6.72. The predicted molar refractivity (Wildman–Crippen MR) is 165 cm³/mol. The predicted octanol–water partition coefficient (Wildman–Crippen LogP) is 4.47. The second kappa shape index (κ2) is 10.9. The molecule has 2 saturated heterocycles. The van der Waals surface area contributed by atoms with Crippen LogP contribution in [-0.2, 0) is 31.1 Å². The number of hydrogen-bond acceptors (Lipinski definition) is 5. The minimum Gasteiger partial charge on any atom is -0.394 e. The molecule has 0 aliphatic carbocycles. The molecule has 9 nitrogen and oxygen atoms in total. The molecule has 2 aromatic carbocycles. The first-order valence-electron chi connectivity index (χ1n) is 15.0. The topological polar surface area (TPSA) is 115 Å². The molecule has 228 valence electrons. The number of aromatic amines is 1. The zero-order valence-electron chi connectivity index (χ0n) is 25.0. The zero-order valence-corrected chi connectivity index (χ0v) is 26.0. The van der Waals surface area contributed by atoms with Crippen molar-refractivity contribution in [1.82, 2.24) is 9.88 Å². The maximum Gasteiger partial charge on any atom is 0.264 e. The third-order valence-electron chi connectivity index (χ3n) is 9.68. The number of carbonyl (C=O) groups is 3. The minimum absolute atomic E-state index is 0.0546. The number of amides is 3. The number of fused-ring (bicyclic) bond motifs is 3. The summed E-state index contributed by atoms with van der Waals surface area (Å²) in [6.45, 7) is 5.48. The number of nitrogens with one attached hydrogen (secondary N) is 2. The fourth-order valence-corrected chi connectivity index (χ4v) is 10.2. The largest absolute Gasteiger partial charge is 0.394 e. The van der Waals surface area contributed by atoms with Crippen LogP contribution in [0.5, 0.6) is 0 Å². The molecule has 0 bridgehead atoms. The van der Waals surface area contributed by atoms with Crippen LogP contribution in [0.3, 0.4) is 0 Å². The number of aliphatic hydroxyl groups excluding tert-OH is 1. The van der Waals surface area contributed by atoms with Crippen LogP contribution in [0, 0.1) is 5.92 Å². The van der Waals surface area contributed by atoms with E-state index in [2.05, 4.69) is 10.3 Å². The number of benzene rings is 2. The van der Waals surface area contributed by atoms with Gasteiger partial charge >= 0.3 is 0 Å². The summed E-state index contributed by atoms with van der Waals surface area (Å²) in [4.78, 5) is 46.9. The van der Waals surface area contributed by atoms with Crippen LogP contribution in [-0.4, -0.2) is 73.5 Å². The number of aromatic nitrogens is 1. The van der Waals surface area contributed by atoms with E-state index in [0.29, 0.717) is 23.5 Å². The molecule has 1 spiro atoms. The van der Waals surface area contributed by atoms with E-state index in [1.54, 1.807) is 43.2 Å². The van der Waals surface area contributed by atoms with Gasteiger partial charge in [-0.3, -0.25) is 14.4 Å². The van der Waals surface area contributed by atoms with E-state index in [-0.39, 0.29) is 43.2 Å². The molecule has 3 amide bonds. The van der Waals surface area contributed by atoms with Gasteiger partial charge in [-0.05, 0) is 55.8 Å². The number of halogens is 1. The first-order chi connectivity index (χ1) is 20.5. The zero-order chi connectivity index (χ0) is 30.7. The molecule has 4 heterocycles. The Morgan fingerprint density at radius 2 is 2.00 bits per heavy atom. The molecule has 3 aromatic rings. The Morgan fingerprint density at radius 1 is 1.23 bits per heavy atom. The van der Waals surface area contributed by atoms with Crippen molar-refractivity contribution in [2.24, 2.45) is 5.92 Å². The number of likely N-dealkylation sites (N-methyl/N-ethyl adjacent to an activating group) is 1. The second-order valence-corrected chi connectivity index (χ2v) is 16.5. The summed E-state index contributed by atoms with van der Waals surface area (Å²) in [5, 5.41) is 13.7. The third kappa shape index (κ3) is 4.87. The summed E-state index contributed by atoms with van der Waals surface area (Å²) in [6, 6.07) is 12.8. The van der Waals surface area contributed by atoms with Gasteiger partial charge in [0.1, 0.15) is 0 Å². The first kappa shape index (κ1) is 29.5. The van der Waals surface area contributed by atoms with Crippen molar-refractivity contribution in [1.29, 1.82) is 0 Å². The lowest BCUT2D eigenvalue weighted by molar-refractivity contribution is -0.149. The molecule has 2 fully saturated rings. The molecule has 3 aliphatic heterocycles. The Labute approximate surface area is 251 Å². The van der Waals surface area contributed by atoms with Gasteiger partial charge in [-0.15, -0.1) is 0 Å². The van der Waals surface area contributed by atoms with E-state index < -0.39 is 31.6 Å². The Bertz CT molecular complexity index is 1590. The fourth-order valence-electron chi connectivity index (χ4n) is 7.73. The third-order valence-corrected chi connectivity index (χ3v) is 12.1. The van der Waals surface area contributed by atoms with Gasteiger partial charge in [0, 0.05) is 53.4 Å². The van der Waals surface area contributed by atoms with Crippen molar-refractivity contribution >= 4 is 48.4 Å². The van der Waals surface area contributed by atoms with Crippen LogP contribution in [0.25, 0.3) is 10.9 Å². The van der Waals surface area contributed by atoms with Gasteiger partial charge in [0.2, 0.25) is 20.2 Å². The monoisotopic (exact) mass is 606 g/mol. The van der Waals surface area contributed by atoms with Crippen LogP contribution in [0.15, 0.2) is 48.7 Å². The summed E-state index contributed by atoms with van der Waals surface area (Å²) >= 11 is 0. The molecule has 43 heavy (non-hydrogen) atoms. The van der Waals surface area contributed by atoms with Crippen LogP contribution in [0.1, 0.15) is 37.3 Å². The Balaban J connectivity index is 1.30. The maximum atomic E-state index is 16.1. The summed E-state index contributed by atoms with van der Waals surface area (Å²) in [6.07, 6.45) is 2.68. The molecule has 1 aromatic heterocycles. The normalized spacial score (nSPS) is 27.0. The van der Waals surface area contributed by atoms with Crippen LogP contribution in [0.2, 0.25) is 18.6 Å². The minimum atomic E-state index is -3.44. The molecule has 0 saturated carbocycles. The summed E-state index contributed by atoms with van der Waals surface area (Å²) in [5.41, 5.74) is 1.46. The molecule has 6 rings (SSSR count). The molecular formula is C32H39FN4O5Si. The van der Waals surface area contributed by atoms with Gasteiger partial charge in [-0.25, -0.2) is 0 Å². The van der Waals surface area contributed by atoms with Crippen molar-refractivity contribution < 1.29 is 28.3 Å². The van der Waals surface area contributed by atoms with Gasteiger partial charge in [0.25, 0.3) is 5.91 Å². The van der Waals surface area contributed by atoms with E-state index in [9.17, 15) is 19.5 Å². The lowest BCUT2D eigenvalue weighted by Gasteiger charge is -2.31. The number of hydrogen-bond donors (Lipinski definition) is 3. The van der Waals surface area contributed by atoms with Gasteiger partial charge < -0.3 is 34.1 Å². The number of rotatable bonds is 7. The van der Waals surface area contributed by atoms with Crippen LogP contribution < -0.4 is 10.2 Å². The van der Waals surface area contributed by atoms with E-state index in [4.69, 9.17) is 4.74 Å². The van der Waals surface area contributed by atoms with E-state index in [1.165, 1.54) is 4.90 Å². The van der Waals surface area contributed by atoms with Gasteiger partial charge in [0.15, 0.2) is 5.60 Å². The van der Waals surface area contributed by atoms with E-state index >= 15 is 4.11 Å². The average molecular weight is 607 g/mol. The number of para-hydroxylation sites is 1. The molecule has 0 radical (unpaired) electrons. The number of nitrogens with zero attached hydrogens (tertiary/aromatic N) is 2. The Morgan fingerprint density at radius 3 is 2.74 bits per heavy atom. The first-order valence-corrected chi connectivity index (χ1v) is 18.0. The number of H-pyrrole nitrogens is 1. The number of anilines is 2. The lowest BCUT2D eigenvalue weighted by Crippen LogP contribution is -2.44. The maximum absolute atomic E-state index is 16.1. The number of likely N-dealkylation sites (tertiary alicyclic amines) is 1. The van der Waals surface area contributed by atoms with Crippen molar-refractivity contribution in [2.75, 3.05) is 30.4 Å². The molecule has 3 aliphatic rings. The fraction of sp³-hybridized carbons (Fsp3) is 0.469. The number of carbonyl (C=O) groups excluding carboxylic acids is 3. The standard InChI is InChI=1S/C32H39FN4O5Si/c1-19-30(43(3,4)33)27(16-29(40)37-13-7-8-22(37)18-38)42-32(19)24-15-21(11-12-26(24)36(2)31(32)41)35-28(39)14-20-17-34-25-10-6-5-9-23(20)25/h5-6,9-12,15,17,19,22,27,30,34,38H,7-8,13-14,16,18H2,1-4H3,(H,35,39)/t19-,22+,27+,30-,32+/m1/s1. The Hall–Kier alpha value is -3.54. The second-order valence-electron chi connectivity index (χ2n) is 12.7. The summed E-state index contributed by atoms with van der Waals surface area (Å²) < 4.78 is 22.7. The number of aliphatic hydroxyl groups is 1. The van der Waals surface area contributed by atoms with Crippen LogP contribution >= 0.6 is 0 Å².